The minimum absolute atomic E-state index is 0. The maximum atomic E-state index is 11.5. The van der Waals surface area contributed by atoms with Crippen molar-refractivity contribution >= 4 is 5.97 Å². The number of aliphatic hydroxyl groups is 1. The van der Waals surface area contributed by atoms with E-state index >= 15 is 0 Å². The van der Waals surface area contributed by atoms with E-state index < -0.39 is 17.2 Å². The molecule has 0 saturated heterocycles. The molecule has 0 aliphatic heterocycles. The summed E-state index contributed by atoms with van der Waals surface area (Å²) in [7, 11) is 0. The first-order valence-corrected chi connectivity index (χ1v) is 6.89. The van der Waals surface area contributed by atoms with Gasteiger partial charge in [-0.2, -0.15) is 0 Å². The second kappa shape index (κ2) is 5.73. The summed E-state index contributed by atoms with van der Waals surface area (Å²) < 4.78 is 5.48. The van der Waals surface area contributed by atoms with Crippen LogP contribution in [0.15, 0.2) is 18.2 Å². The van der Waals surface area contributed by atoms with Crippen molar-refractivity contribution in [1.82, 2.24) is 0 Å². The number of fused-ring (bicyclic) bond motifs is 2. The molecule has 0 spiro atoms. The largest absolute Gasteiger partial charge is 0.480 e. The molecule has 2 rings (SSSR count). The molecular weight excluding hydrogens is 343 g/mol. The predicted molar refractivity (Wildman–Crippen MR) is 73.3 cm³/mol. The van der Waals surface area contributed by atoms with Gasteiger partial charge in [-0.3, -0.25) is 11.4 Å². The van der Waals surface area contributed by atoms with Crippen molar-refractivity contribution < 1.29 is 34.1 Å². The van der Waals surface area contributed by atoms with E-state index in [9.17, 15) is 9.90 Å². The molecule has 2 atom stereocenters. The SMILES string of the molecule is C=[C-]C(=O)OC1(C)C=C2CCCC(C(C)(C)O)(C2)C1.[Rh]. The molecule has 0 heterocycles. The van der Waals surface area contributed by atoms with Crippen molar-refractivity contribution in [2.75, 3.05) is 0 Å². The molecule has 115 valence electrons. The average molecular weight is 366 g/mol. The van der Waals surface area contributed by atoms with Crippen LogP contribution in [0.4, 0.5) is 0 Å². The van der Waals surface area contributed by atoms with E-state index in [1.54, 1.807) is 0 Å². The fourth-order valence-corrected chi connectivity index (χ4v) is 3.75. The summed E-state index contributed by atoms with van der Waals surface area (Å²) >= 11 is 0. The summed E-state index contributed by atoms with van der Waals surface area (Å²) in [6, 6.07) is 0. The smallest absolute Gasteiger partial charge is 0.148 e. The van der Waals surface area contributed by atoms with Gasteiger partial charge in [-0.05, 0) is 59.0 Å². The number of ether oxygens (including phenoxy) is 1. The van der Waals surface area contributed by atoms with Crippen molar-refractivity contribution in [3.05, 3.63) is 24.3 Å². The maximum absolute atomic E-state index is 11.5. The number of esters is 1. The summed E-state index contributed by atoms with van der Waals surface area (Å²) in [6.07, 6.45) is 8.96. The van der Waals surface area contributed by atoms with E-state index in [2.05, 4.69) is 18.7 Å². The first-order valence-electron chi connectivity index (χ1n) is 6.89. The van der Waals surface area contributed by atoms with Crippen molar-refractivity contribution in [3.63, 3.8) is 0 Å². The number of hydrogen-bond donors (Lipinski definition) is 1. The van der Waals surface area contributed by atoms with Crippen LogP contribution in [0.5, 0.6) is 0 Å². The van der Waals surface area contributed by atoms with Crippen LogP contribution in [0, 0.1) is 11.5 Å². The number of carbonyl (C=O) groups is 1. The molecule has 0 aromatic heterocycles. The number of carbonyl (C=O) groups excluding carboxylic acids is 1. The first-order chi connectivity index (χ1) is 8.70. The zero-order valence-corrected chi connectivity index (χ0v) is 14.1. The molecule has 2 aliphatic rings. The topological polar surface area (TPSA) is 46.5 Å². The molecule has 0 aromatic rings. The quantitative estimate of drug-likeness (QED) is 0.275. The third kappa shape index (κ3) is 3.23. The van der Waals surface area contributed by atoms with E-state index in [0.717, 1.165) is 25.7 Å². The minimum Gasteiger partial charge on any atom is -0.480 e. The van der Waals surface area contributed by atoms with Gasteiger partial charge in [0.15, 0.2) is 0 Å². The van der Waals surface area contributed by atoms with Crippen LogP contribution < -0.4 is 0 Å². The van der Waals surface area contributed by atoms with E-state index in [-0.39, 0.29) is 24.9 Å². The summed E-state index contributed by atoms with van der Waals surface area (Å²) in [5, 5.41) is 10.6. The van der Waals surface area contributed by atoms with Crippen LogP contribution in [0.2, 0.25) is 0 Å². The monoisotopic (exact) mass is 366 g/mol. The fourth-order valence-electron chi connectivity index (χ4n) is 3.75. The maximum Gasteiger partial charge on any atom is 0.148 e. The van der Waals surface area contributed by atoms with Crippen molar-refractivity contribution in [2.24, 2.45) is 5.41 Å². The van der Waals surface area contributed by atoms with Gasteiger partial charge in [0.2, 0.25) is 0 Å². The van der Waals surface area contributed by atoms with Crippen LogP contribution >= 0.6 is 0 Å². The molecule has 3 nitrogen and oxygen atoms in total. The van der Waals surface area contributed by atoms with E-state index in [1.807, 2.05) is 20.8 Å². The Morgan fingerprint density at radius 2 is 2.20 bits per heavy atom. The normalized spacial score (nSPS) is 32.7. The number of rotatable bonds is 3. The zero-order valence-electron chi connectivity index (χ0n) is 12.4. The molecule has 2 aliphatic carbocycles. The van der Waals surface area contributed by atoms with E-state index in [4.69, 9.17) is 4.74 Å². The Bertz CT molecular complexity index is 435. The molecule has 2 unspecified atom stereocenters. The molecule has 1 fully saturated rings. The van der Waals surface area contributed by atoms with Gasteiger partial charge >= 0.3 is 0 Å². The summed E-state index contributed by atoms with van der Waals surface area (Å²) in [5.41, 5.74) is -0.348. The van der Waals surface area contributed by atoms with Crippen LogP contribution in [0.1, 0.15) is 52.9 Å². The summed E-state index contributed by atoms with van der Waals surface area (Å²) in [6.45, 7) is 8.96. The summed E-state index contributed by atoms with van der Waals surface area (Å²) in [5.74, 6) is -0.523. The van der Waals surface area contributed by atoms with Gasteiger partial charge in [0.05, 0.1) is 5.60 Å². The second-order valence-corrected chi connectivity index (χ2v) is 6.73. The molecule has 20 heavy (non-hydrogen) atoms. The predicted octanol–water partition coefficient (Wildman–Crippen LogP) is 2.94. The standard InChI is InChI=1S/C16H23O3.Rh/c1-5-13(17)19-15(4)9-12-7-6-8-16(10-12,11-15)14(2,3)18;/h9,18H,1,6-8,10-11H2,2-4H3;/q-1;. The van der Waals surface area contributed by atoms with Crippen molar-refractivity contribution in [3.8, 4) is 0 Å². The summed E-state index contributed by atoms with van der Waals surface area (Å²) in [4.78, 5) is 11.5. The van der Waals surface area contributed by atoms with Crippen molar-refractivity contribution in [1.29, 1.82) is 0 Å². The van der Waals surface area contributed by atoms with Gasteiger partial charge in [0, 0.05) is 24.9 Å². The Labute approximate surface area is 134 Å². The van der Waals surface area contributed by atoms with Crippen LogP contribution in [-0.4, -0.2) is 22.3 Å². The molecule has 4 heteroatoms. The second-order valence-electron chi connectivity index (χ2n) is 6.73. The van der Waals surface area contributed by atoms with Gasteiger partial charge < -0.3 is 15.9 Å². The molecule has 1 saturated carbocycles. The Morgan fingerprint density at radius 3 is 2.75 bits per heavy atom. The average Bonchev–Trinajstić information content (AvgIpc) is 2.26. The molecular formula is C16H23O3Rh-. The van der Waals surface area contributed by atoms with Gasteiger partial charge in [-0.15, -0.1) is 0 Å². The van der Waals surface area contributed by atoms with Crippen molar-refractivity contribution in [2.45, 2.75) is 64.1 Å². The Hall–Kier alpha value is -0.467. The Kier molecular flexibility index (Phi) is 5.04. The number of hydrogen-bond acceptors (Lipinski definition) is 3. The third-order valence-electron chi connectivity index (χ3n) is 4.69. The van der Waals surface area contributed by atoms with Crippen LogP contribution in [-0.2, 0) is 29.0 Å². The van der Waals surface area contributed by atoms with E-state index in [0.29, 0.717) is 6.42 Å². The van der Waals surface area contributed by atoms with E-state index in [1.165, 1.54) is 5.57 Å². The minimum atomic E-state index is -0.779. The third-order valence-corrected chi connectivity index (χ3v) is 4.69. The molecule has 0 amide bonds. The first kappa shape index (κ1) is 17.6. The number of allylic oxidation sites excluding steroid dienone is 1. The Balaban J connectivity index is 0.00000200. The van der Waals surface area contributed by atoms with Gasteiger partial charge in [-0.1, -0.05) is 5.57 Å². The van der Waals surface area contributed by atoms with Crippen LogP contribution in [0.25, 0.3) is 0 Å². The van der Waals surface area contributed by atoms with Gasteiger partial charge in [0.25, 0.3) is 0 Å². The molecule has 2 bridgehead atoms. The van der Waals surface area contributed by atoms with Crippen LogP contribution in [0.3, 0.4) is 0 Å². The fraction of sp³-hybridized carbons (Fsp3) is 0.688. The molecule has 1 radical (unpaired) electrons. The van der Waals surface area contributed by atoms with Gasteiger partial charge in [0.1, 0.15) is 11.6 Å². The molecule has 1 N–H and O–H groups in total. The Morgan fingerprint density at radius 1 is 1.55 bits per heavy atom. The zero-order chi connectivity index (χ0) is 14.3. The van der Waals surface area contributed by atoms with Gasteiger partial charge in [-0.25, -0.2) is 0 Å². The molecule has 0 aromatic carbocycles.